The van der Waals surface area contributed by atoms with Gasteiger partial charge in [-0.1, -0.05) is 13.8 Å². The number of aryl methyl sites for hydroxylation is 1. The highest BCUT2D eigenvalue weighted by Crippen LogP contribution is 2.43. The van der Waals surface area contributed by atoms with Gasteiger partial charge in [0.05, 0.1) is 0 Å². The molecule has 6 nitrogen and oxygen atoms in total. The maximum Gasteiger partial charge on any atom is 0.222 e. The van der Waals surface area contributed by atoms with E-state index in [2.05, 4.69) is 34.0 Å². The van der Waals surface area contributed by atoms with Crippen LogP contribution >= 0.6 is 0 Å². The van der Waals surface area contributed by atoms with Gasteiger partial charge in [0.1, 0.15) is 11.3 Å². The average Bonchev–Trinajstić information content (AvgIpc) is 2.87. The molecule has 1 aliphatic carbocycles. The molecule has 1 saturated heterocycles. The van der Waals surface area contributed by atoms with E-state index < -0.39 is 0 Å². The molecule has 1 aliphatic heterocycles. The second-order valence-electron chi connectivity index (χ2n) is 6.97. The van der Waals surface area contributed by atoms with E-state index in [0.29, 0.717) is 5.95 Å². The zero-order valence-corrected chi connectivity index (χ0v) is 13.3. The van der Waals surface area contributed by atoms with Crippen molar-refractivity contribution in [3.63, 3.8) is 0 Å². The Morgan fingerprint density at radius 1 is 1.23 bits per heavy atom. The second-order valence-corrected chi connectivity index (χ2v) is 6.97. The van der Waals surface area contributed by atoms with Gasteiger partial charge in [0.15, 0.2) is 11.4 Å². The van der Waals surface area contributed by atoms with E-state index in [0.717, 1.165) is 61.7 Å². The number of rotatable bonds is 1. The molecule has 0 radical (unpaired) electrons. The van der Waals surface area contributed by atoms with E-state index in [-0.39, 0.29) is 5.41 Å². The maximum atomic E-state index is 6.30. The molecule has 2 aliphatic rings. The first-order valence-corrected chi connectivity index (χ1v) is 8.11. The first-order valence-electron chi connectivity index (χ1n) is 8.11. The molecule has 3 heterocycles. The summed E-state index contributed by atoms with van der Waals surface area (Å²) >= 11 is 0. The third-order valence-corrected chi connectivity index (χ3v) is 4.89. The molecule has 0 spiro atoms. The van der Waals surface area contributed by atoms with Gasteiger partial charge in [0.25, 0.3) is 0 Å². The lowest BCUT2D eigenvalue weighted by atomic mass is 9.77. The number of nitrogens with two attached hydrogens (primary N) is 1. The zero-order chi connectivity index (χ0) is 15.3. The van der Waals surface area contributed by atoms with Gasteiger partial charge in [-0.15, -0.1) is 0 Å². The summed E-state index contributed by atoms with van der Waals surface area (Å²) in [5.41, 5.74) is 9.01. The monoisotopic (exact) mass is 301 g/mol. The SMILES string of the molecule is CC1(C)CCCc2c1oc1c(N3CCNCC3)nc(N)nc21. The quantitative estimate of drug-likeness (QED) is 0.836. The molecule has 118 valence electrons. The predicted octanol–water partition coefficient (Wildman–Crippen LogP) is 1.83. The van der Waals surface area contributed by atoms with Crippen molar-refractivity contribution in [3.05, 3.63) is 11.3 Å². The molecule has 1 fully saturated rings. The fraction of sp³-hybridized carbons (Fsp3) is 0.625. The number of hydrogen-bond donors (Lipinski definition) is 2. The van der Waals surface area contributed by atoms with Crippen molar-refractivity contribution in [1.29, 1.82) is 0 Å². The molecule has 22 heavy (non-hydrogen) atoms. The number of furan rings is 1. The van der Waals surface area contributed by atoms with Crippen LogP contribution < -0.4 is 16.0 Å². The Labute approximate surface area is 130 Å². The molecule has 0 unspecified atom stereocenters. The largest absolute Gasteiger partial charge is 0.455 e. The lowest BCUT2D eigenvalue weighted by Crippen LogP contribution is -2.44. The van der Waals surface area contributed by atoms with Crippen LogP contribution in [0.1, 0.15) is 38.0 Å². The first-order chi connectivity index (χ1) is 10.6. The number of nitrogens with one attached hydrogen (secondary N) is 1. The number of aromatic nitrogens is 2. The summed E-state index contributed by atoms with van der Waals surface area (Å²) in [6.07, 6.45) is 3.33. The van der Waals surface area contributed by atoms with Gasteiger partial charge >= 0.3 is 0 Å². The molecule has 3 N–H and O–H groups in total. The van der Waals surface area contributed by atoms with E-state index in [1.165, 1.54) is 12.0 Å². The van der Waals surface area contributed by atoms with Gasteiger partial charge in [-0.05, 0) is 19.3 Å². The molecular weight excluding hydrogens is 278 g/mol. The number of fused-ring (bicyclic) bond motifs is 3. The highest BCUT2D eigenvalue weighted by atomic mass is 16.3. The summed E-state index contributed by atoms with van der Waals surface area (Å²) in [6.45, 7) is 8.23. The minimum atomic E-state index is 0.0593. The van der Waals surface area contributed by atoms with Crippen LogP contribution in [0, 0.1) is 0 Å². The molecule has 0 bridgehead atoms. The molecule has 4 rings (SSSR count). The lowest BCUT2D eigenvalue weighted by Gasteiger charge is -2.28. The number of hydrogen-bond acceptors (Lipinski definition) is 6. The standard InChI is InChI=1S/C16H23N5O/c1-16(2)5-3-4-10-11-12(22-13(10)16)14(20-15(17)19-11)21-8-6-18-7-9-21/h18H,3-9H2,1-2H3,(H2,17,19,20). The van der Waals surface area contributed by atoms with Gasteiger partial charge in [-0.3, -0.25) is 0 Å². The summed E-state index contributed by atoms with van der Waals surface area (Å²) in [6, 6.07) is 0. The minimum absolute atomic E-state index is 0.0593. The van der Waals surface area contributed by atoms with Gasteiger partial charge in [-0.25, -0.2) is 4.98 Å². The summed E-state index contributed by atoms with van der Waals surface area (Å²) in [7, 11) is 0. The van der Waals surface area contributed by atoms with Gasteiger partial charge < -0.3 is 20.4 Å². The average molecular weight is 301 g/mol. The van der Waals surface area contributed by atoms with E-state index in [1.54, 1.807) is 0 Å². The fourth-order valence-electron chi connectivity index (χ4n) is 3.72. The normalized spacial score (nSPS) is 21.1. The van der Waals surface area contributed by atoms with Crippen LogP contribution in [0.25, 0.3) is 11.1 Å². The first kappa shape index (κ1) is 13.8. The Bertz CT molecular complexity index is 715. The van der Waals surface area contributed by atoms with E-state index >= 15 is 0 Å². The van der Waals surface area contributed by atoms with Crippen molar-refractivity contribution in [2.24, 2.45) is 0 Å². The molecule has 0 aromatic carbocycles. The van der Waals surface area contributed by atoms with Crippen molar-refractivity contribution >= 4 is 22.9 Å². The van der Waals surface area contributed by atoms with Crippen LogP contribution in [0.3, 0.4) is 0 Å². The number of nitrogen functional groups attached to an aromatic ring is 1. The van der Waals surface area contributed by atoms with E-state index in [4.69, 9.17) is 10.2 Å². The number of piperazine rings is 1. The molecule has 2 aromatic heterocycles. The summed E-state index contributed by atoms with van der Waals surface area (Å²) in [5, 5.41) is 3.36. The Balaban J connectivity index is 1.92. The highest BCUT2D eigenvalue weighted by molar-refractivity contribution is 5.89. The van der Waals surface area contributed by atoms with Crippen LogP contribution in [0.4, 0.5) is 11.8 Å². The molecule has 2 aromatic rings. The fourth-order valence-corrected chi connectivity index (χ4v) is 3.72. The smallest absolute Gasteiger partial charge is 0.222 e. The molecular formula is C16H23N5O. The highest BCUT2D eigenvalue weighted by Gasteiger charge is 2.35. The summed E-state index contributed by atoms with van der Waals surface area (Å²) in [5.74, 6) is 2.27. The van der Waals surface area contributed by atoms with Crippen LogP contribution in [0.5, 0.6) is 0 Å². The van der Waals surface area contributed by atoms with Gasteiger partial charge in [0, 0.05) is 37.2 Å². The second kappa shape index (κ2) is 4.84. The number of anilines is 2. The third-order valence-electron chi connectivity index (χ3n) is 4.89. The van der Waals surface area contributed by atoms with Crippen molar-refractivity contribution < 1.29 is 4.42 Å². The van der Waals surface area contributed by atoms with Crippen molar-refractivity contribution in [3.8, 4) is 0 Å². The minimum Gasteiger partial charge on any atom is -0.455 e. The van der Waals surface area contributed by atoms with Crippen LogP contribution in [-0.4, -0.2) is 36.1 Å². The summed E-state index contributed by atoms with van der Waals surface area (Å²) < 4.78 is 6.30. The van der Waals surface area contributed by atoms with Crippen LogP contribution in [0.2, 0.25) is 0 Å². The van der Waals surface area contributed by atoms with Crippen LogP contribution in [-0.2, 0) is 11.8 Å². The van der Waals surface area contributed by atoms with Crippen LogP contribution in [0.15, 0.2) is 4.42 Å². The molecule has 0 amide bonds. The lowest BCUT2D eigenvalue weighted by molar-refractivity contribution is 0.345. The predicted molar refractivity (Wildman–Crippen MR) is 87.3 cm³/mol. The Morgan fingerprint density at radius 3 is 2.77 bits per heavy atom. The van der Waals surface area contributed by atoms with E-state index in [1.807, 2.05) is 0 Å². The van der Waals surface area contributed by atoms with Crippen molar-refractivity contribution in [1.82, 2.24) is 15.3 Å². The molecule has 0 saturated carbocycles. The maximum absolute atomic E-state index is 6.30. The number of nitrogens with zero attached hydrogens (tertiary/aromatic N) is 3. The van der Waals surface area contributed by atoms with Gasteiger partial charge in [0.2, 0.25) is 5.95 Å². The third kappa shape index (κ3) is 2.05. The van der Waals surface area contributed by atoms with Gasteiger partial charge in [-0.2, -0.15) is 4.98 Å². The van der Waals surface area contributed by atoms with Crippen molar-refractivity contribution in [2.75, 3.05) is 36.8 Å². The molecule has 0 atom stereocenters. The summed E-state index contributed by atoms with van der Waals surface area (Å²) in [4.78, 5) is 11.2. The van der Waals surface area contributed by atoms with E-state index in [9.17, 15) is 0 Å². The Hall–Kier alpha value is -1.82. The molecule has 6 heteroatoms. The Kier molecular flexibility index (Phi) is 3.04. The zero-order valence-electron chi connectivity index (χ0n) is 13.3. The topological polar surface area (TPSA) is 80.2 Å². The Morgan fingerprint density at radius 2 is 2.00 bits per heavy atom. The van der Waals surface area contributed by atoms with Crippen molar-refractivity contribution in [2.45, 2.75) is 38.5 Å².